The van der Waals surface area contributed by atoms with E-state index in [-0.39, 0.29) is 13.0 Å². The van der Waals surface area contributed by atoms with E-state index in [0.29, 0.717) is 17.0 Å². The van der Waals surface area contributed by atoms with Crippen molar-refractivity contribution in [2.24, 2.45) is 0 Å². The van der Waals surface area contributed by atoms with Crippen molar-refractivity contribution in [2.75, 3.05) is 11.4 Å². The fraction of sp³-hybridized carbons (Fsp3) is 0.200. The molecule has 0 saturated carbocycles. The van der Waals surface area contributed by atoms with Crippen LogP contribution < -0.4 is 4.90 Å². The fourth-order valence-electron chi connectivity index (χ4n) is 1.58. The Hall–Kier alpha value is -1.85. The van der Waals surface area contributed by atoms with Gasteiger partial charge in [0, 0.05) is 12.1 Å². The molecule has 16 heavy (non-hydrogen) atoms. The third-order valence-corrected chi connectivity index (χ3v) is 2.24. The van der Waals surface area contributed by atoms with Crippen LogP contribution in [0.25, 0.3) is 0 Å². The van der Waals surface area contributed by atoms with Gasteiger partial charge in [-0.1, -0.05) is 0 Å². The molecule has 0 atom stereocenters. The van der Waals surface area contributed by atoms with Crippen molar-refractivity contribution >= 4 is 17.4 Å². The molecule has 0 aliphatic carbocycles. The summed E-state index contributed by atoms with van der Waals surface area (Å²) in [6, 6.07) is 0.934. The van der Waals surface area contributed by atoms with Crippen molar-refractivity contribution in [3.63, 3.8) is 0 Å². The second kappa shape index (κ2) is 3.62. The van der Waals surface area contributed by atoms with E-state index >= 15 is 0 Å². The highest BCUT2D eigenvalue weighted by atomic mass is 19.1. The van der Waals surface area contributed by atoms with Gasteiger partial charge in [-0.15, -0.1) is 0 Å². The summed E-state index contributed by atoms with van der Waals surface area (Å²) in [5.74, 6) is -4.57. The van der Waals surface area contributed by atoms with Gasteiger partial charge < -0.3 is 0 Å². The number of hydrogen-bond acceptors (Lipinski definition) is 2. The number of anilines is 1. The van der Waals surface area contributed by atoms with Crippen molar-refractivity contribution in [3.8, 4) is 0 Å². The Bertz CT molecular complexity index is 464. The highest BCUT2D eigenvalue weighted by Gasteiger charge is 2.32. The second-order valence-corrected chi connectivity index (χ2v) is 3.41. The number of amides is 1. The normalized spacial score (nSPS) is 16.1. The SMILES string of the molecule is O=C1CC(=O)N(c2c(F)cc(F)cc2F)C1. The minimum atomic E-state index is -1.19. The third kappa shape index (κ3) is 1.66. The van der Waals surface area contributed by atoms with Crippen molar-refractivity contribution in [1.29, 1.82) is 0 Å². The number of nitrogens with zero attached hydrogens (tertiary/aromatic N) is 1. The number of rotatable bonds is 1. The van der Waals surface area contributed by atoms with Gasteiger partial charge in [0.2, 0.25) is 5.91 Å². The molecule has 0 unspecified atom stereocenters. The standard InChI is InChI=1S/C10H6F3NO2/c11-5-1-7(12)10(8(13)2-5)14-4-6(15)3-9(14)16/h1-2H,3-4H2. The molecule has 2 rings (SSSR count). The molecule has 84 valence electrons. The third-order valence-electron chi connectivity index (χ3n) is 2.24. The molecule has 0 N–H and O–H groups in total. The van der Waals surface area contributed by atoms with Crippen LogP contribution in [0.4, 0.5) is 18.9 Å². The zero-order valence-corrected chi connectivity index (χ0v) is 7.97. The van der Waals surface area contributed by atoms with Gasteiger partial charge in [0.25, 0.3) is 0 Å². The second-order valence-electron chi connectivity index (χ2n) is 3.41. The van der Waals surface area contributed by atoms with E-state index in [4.69, 9.17) is 0 Å². The molecular formula is C10H6F3NO2. The van der Waals surface area contributed by atoms with Crippen LogP contribution in [0.1, 0.15) is 6.42 Å². The lowest BCUT2D eigenvalue weighted by atomic mass is 10.2. The zero-order valence-electron chi connectivity index (χ0n) is 7.97. The van der Waals surface area contributed by atoms with Gasteiger partial charge in [-0.25, -0.2) is 13.2 Å². The first-order valence-corrected chi connectivity index (χ1v) is 4.45. The fourth-order valence-corrected chi connectivity index (χ4v) is 1.58. The maximum absolute atomic E-state index is 13.3. The van der Waals surface area contributed by atoms with Gasteiger partial charge in [0.05, 0.1) is 13.0 Å². The number of halogens is 3. The molecule has 6 heteroatoms. The molecular weight excluding hydrogens is 223 g/mol. The lowest BCUT2D eigenvalue weighted by Gasteiger charge is -2.16. The molecule has 1 fully saturated rings. The first kappa shape index (κ1) is 10.7. The van der Waals surface area contributed by atoms with Crippen LogP contribution in [-0.4, -0.2) is 18.2 Å². The molecule has 1 aromatic rings. The van der Waals surface area contributed by atoms with Crippen LogP contribution in [0.15, 0.2) is 12.1 Å². The molecule has 1 amide bonds. The predicted molar refractivity (Wildman–Crippen MR) is 48.3 cm³/mol. The Kier molecular flexibility index (Phi) is 2.41. The van der Waals surface area contributed by atoms with Gasteiger partial charge >= 0.3 is 0 Å². The molecule has 1 aromatic carbocycles. The molecule has 1 heterocycles. The summed E-state index contributed by atoms with van der Waals surface area (Å²) in [7, 11) is 0. The van der Waals surface area contributed by atoms with Crippen molar-refractivity contribution in [2.45, 2.75) is 6.42 Å². The minimum absolute atomic E-state index is 0.377. The van der Waals surface area contributed by atoms with E-state index in [2.05, 4.69) is 0 Å². The van der Waals surface area contributed by atoms with E-state index in [0.717, 1.165) is 0 Å². The predicted octanol–water partition coefficient (Wildman–Crippen LogP) is 1.41. The van der Waals surface area contributed by atoms with Gasteiger partial charge in [-0.05, 0) is 0 Å². The molecule has 3 nitrogen and oxygen atoms in total. The summed E-state index contributed by atoms with van der Waals surface area (Å²) in [6.45, 7) is -0.377. The largest absolute Gasteiger partial charge is 0.299 e. The minimum Gasteiger partial charge on any atom is -0.299 e. The quantitative estimate of drug-likeness (QED) is 0.683. The zero-order chi connectivity index (χ0) is 11.9. The van der Waals surface area contributed by atoms with Gasteiger partial charge in [-0.3, -0.25) is 14.5 Å². The van der Waals surface area contributed by atoms with E-state index in [1.54, 1.807) is 0 Å². The number of carbonyl (C=O) groups is 2. The van der Waals surface area contributed by atoms with Crippen LogP contribution in [0, 0.1) is 17.5 Å². The molecule has 1 aliphatic heterocycles. The smallest absolute Gasteiger partial charge is 0.235 e. The van der Waals surface area contributed by atoms with Crippen molar-refractivity contribution < 1.29 is 22.8 Å². The first-order valence-electron chi connectivity index (χ1n) is 4.45. The summed E-state index contributed by atoms with van der Waals surface area (Å²) < 4.78 is 39.2. The maximum atomic E-state index is 13.3. The van der Waals surface area contributed by atoms with Crippen molar-refractivity contribution in [1.82, 2.24) is 0 Å². The molecule has 1 aliphatic rings. The Morgan fingerprint density at radius 1 is 1.06 bits per heavy atom. The maximum Gasteiger partial charge on any atom is 0.235 e. The van der Waals surface area contributed by atoms with E-state index in [1.165, 1.54) is 0 Å². The number of hydrogen-bond donors (Lipinski definition) is 0. The number of benzene rings is 1. The van der Waals surface area contributed by atoms with Crippen molar-refractivity contribution in [3.05, 3.63) is 29.6 Å². The first-order chi connectivity index (χ1) is 7.49. The van der Waals surface area contributed by atoms with Gasteiger partial charge in [0.1, 0.15) is 11.5 Å². The lowest BCUT2D eigenvalue weighted by Crippen LogP contribution is -2.26. The number of ketones is 1. The monoisotopic (exact) mass is 229 g/mol. The lowest BCUT2D eigenvalue weighted by molar-refractivity contribution is -0.121. The molecule has 1 saturated heterocycles. The van der Waals surface area contributed by atoms with Crippen LogP contribution in [0.2, 0.25) is 0 Å². The van der Waals surface area contributed by atoms with E-state index in [9.17, 15) is 22.8 Å². The summed E-state index contributed by atoms with van der Waals surface area (Å²) in [5, 5.41) is 0. The Morgan fingerprint density at radius 3 is 2.06 bits per heavy atom. The van der Waals surface area contributed by atoms with Gasteiger partial charge in [0.15, 0.2) is 17.4 Å². The van der Waals surface area contributed by atoms with Crippen LogP contribution in [-0.2, 0) is 9.59 Å². The van der Waals surface area contributed by atoms with Crippen LogP contribution >= 0.6 is 0 Å². The topological polar surface area (TPSA) is 37.4 Å². The molecule has 0 bridgehead atoms. The summed E-state index contributed by atoms with van der Waals surface area (Å²) in [5.41, 5.74) is -0.669. The number of carbonyl (C=O) groups excluding carboxylic acids is 2. The summed E-state index contributed by atoms with van der Waals surface area (Å²) in [6.07, 6.45) is -0.379. The van der Waals surface area contributed by atoms with Crippen LogP contribution in [0.5, 0.6) is 0 Å². The highest BCUT2D eigenvalue weighted by molar-refractivity contribution is 6.15. The summed E-state index contributed by atoms with van der Waals surface area (Å²) in [4.78, 5) is 22.9. The van der Waals surface area contributed by atoms with E-state index in [1.807, 2.05) is 0 Å². The van der Waals surface area contributed by atoms with E-state index < -0.39 is 34.8 Å². The Morgan fingerprint density at radius 2 is 1.62 bits per heavy atom. The molecule has 0 aromatic heterocycles. The Labute approximate surface area is 88.5 Å². The molecule has 0 spiro atoms. The Balaban J connectivity index is 2.48. The highest BCUT2D eigenvalue weighted by Crippen LogP contribution is 2.27. The summed E-state index contributed by atoms with van der Waals surface area (Å²) >= 11 is 0. The average Bonchev–Trinajstić information content (AvgIpc) is 2.43. The number of Topliss-reactive ketones (excluding diaryl/α,β-unsaturated/α-hetero) is 1. The average molecular weight is 229 g/mol. The van der Waals surface area contributed by atoms with Crippen LogP contribution in [0.3, 0.4) is 0 Å². The van der Waals surface area contributed by atoms with Gasteiger partial charge in [-0.2, -0.15) is 0 Å². The molecule has 0 radical (unpaired) electrons.